The number of benzene rings is 2. The molecule has 9 heteroatoms. The maximum absolute atomic E-state index is 13.2. The fourth-order valence-electron chi connectivity index (χ4n) is 4.24. The van der Waals surface area contributed by atoms with Crippen molar-refractivity contribution in [3.63, 3.8) is 0 Å². The zero-order chi connectivity index (χ0) is 25.0. The van der Waals surface area contributed by atoms with Gasteiger partial charge in [-0.1, -0.05) is 48.5 Å². The lowest BCUT2D eigenvalue weighted by atomic mass is 9.93. The lowest BCUT2D eigenvalue weighted by Crippen LogP contribution is -2.65. The van der Waals surface area contributed by atoms with Crippen LogP contribution in [0, 0.1) is 0 Å². The van der Waals surface area contributed by atoms with E-state index in [0.29, 0.717) is 11.4 Å². The van der Waals surface area contributed by atoms with E-state index in [1.807, 2.05) is 67.3 Å². The molecule has 0 aliphatic carbocycles. The van der Waals surface area contributed by atoms with Crippen molar-refractivity contribution in [3.05, 3.63) is 78.0 Å². The third-order valence-corrected chi connectivity index (χ3v) is 7.45. The van der Waals surface area contributed by atoms with E-state index in [1.165, 1.54) is 13.2 Å². The minimum atomic E-state index is -0.633. The maximum Gasteiger partial charge on any atom is 0.332 e. The molecule has 2 heterocycles. The van der Waals surface area contributed by atoms with E-state index in [9.17, 15) is 14.4 Å². The first-order chi connectivity index (χ1) is 16.8. The zero-order valence-corrected chi connectivity index (χ0v) is 20.6. The van der Waals surface area contributed by atoms with Crippen LogP contribution in [-0.4, -0.2) is 58.7 Å². The van der Waals surface area contributed by atoms with Crippen molar-refractivity contribution in [1.29, 1.82) is 0 Å². The number of methoxy groups -OCH3 is 1. The lowest BCUT2D eigenvalue weighted by Gasteiger charge is -2.48. The molecule has 0 spiro atoms. The van der Waals surface area contributed by atoms with Gasteiger partial charge in [0.05, 0.1) is 13.2 Å². The summed E-state index contributed by atoms with van der Waals surface area (Å²) in [6.07, 6.45) is 1.32. The summed E-state index contributed by atoms with van der Waals surface area (Å²) in [6.45, 7) is 3.90. The number of carbonyl (C=O) groups is 3. The van der Waals surface area contributed by atoms with Crippen LogP contribution in [0.3, 0.4) is 0 Å². The number of rotatable bonds is 8. The van der Waals surface area contributed by atoms with Crippen LogP contribution in [0.4, 0.5) is 0 Å². The summed E-state index contributed by atoms with van der Waals surface area (Å²) in [5.41, 5.74) is 1.40. The number of hydrogen-bond acceptors (Lipinski definition) is 8. The van der Waals surface area contributed by atoms with Crippen molar-refractivity contribution in [3.8, 4) is 5.75 Å². The monoisotopic (exact) mass is 496 g/mol. The average molecular weight is 497 g/mol. The molecule has 1 amide bonds. The molecule has 2 saturated heterocycles. The normalized spacial score (nSPS) is 23.1. The molecule has 2 fully saturated rings. The van der Waals surface area contributed by atoms with Crippen LogP contribution < -0.4 is 10.1 Å². The van der Waals surface area contributed by atoms with Crippen molar-refractivity contribution in [2.45, 2.75) is 42.7 Å². The molecule has 2 aliphatic rings. The van der Waals surface area contributed by atoms with E-state index in [2.05, 4.69) is 5.32 Å². The van der Waals surface area contributed by atoms with Crippen molar-refractivity contribution in [2.24, 2.45) is 0 Å². The summed E-state index contributed by atoms with van der Waals surface area (Å²) in [7, 11) is 1.28. The van der Waals surface area contributed by atoms with Gasteiger partial charge in [0.2, 0.25) is 0 Å². The number of ether oxygens (including phenoxy) is 3. The minimum absolute atomic E-state index is 0.155. The van der Waals surface area contributed by atoms with E-state index >= 15 is 0 Å². The Kier molecular flexibility index (Phi) is 7.35. The number of fused-ring (bicyclic) bond motifs is 1. The Hall–Kier alpha value is -3.46. The van der Waals surface area contributed by atoms with Gasteiger partial charge in [-0.3, -0.25) is 4.79 Å². The van der Waals surface area contributed by atoms with Gasteiger partial charge < -0.3 is 24.4 Å². The van der Waals surface area contributed by atoms with E-state index in [1.54, 1.807) is 23.9 Å². The number of nitrogens with zero attached hydrogens (tertiary/aromatic N) is 1. The second-order valence-corrected chi connectivity index (χ2v) is 10.5. The lowest BCUT2D eigenvalue weighted by molar-refractivity contribution is -0.153. The summed E-state index contributed by atoms with van der Waals surface area (Å²) in [5.74, 6) is -0.699. The molecule has 2 aromatic carbocycles. The molecule has 184 valence electrons. The molecule has 0 aromatic heterocycles. The van der Waals surface area contributed by atoms with E-state index in [0.717, 1.165) is 5.56 Å². The molecule has 0 bridgehead atoms. The number of thioether (sulfide) groups is 1. The van der Waals surface area contributed by atoms with Gasteiger partial charge in [0.25, 0.3) is 5.91 Å². The highest BCUT2D eigenvalue weighted by molar-refractivity contribution is 8.01. The molecular weight excluding hydrogens is 468 g/mol. The number of esters is 2. The summed E-state index contributed by atoms with van der Waals surface area (Å²) in [6, 6.07) is 17.4. The Labute approximate surface area is 208 Å². The quantitative estimate of drug-likeness (QED) is 0.441. The first kappa shape index (κ1) is 24.7. The Morgan fingerprint density at radius 2 is 1.71 bits per heavy atom. The average Bonchev–Trinajstić information content (AvgIpc) is 3.11. The van der Waals surface area contributed by atoms with Gasteiger partial charge in [-0.25, -0.2) is 9.59 Å². The summed E-state index contributed by atoms with van der Waals surface area (Å²) in [5, 5.41) is 2.70. The zero-order valence-electron chi connectivity index (χ0n) is 19.8. The second-order valence-electron chi connectivity index (χ2n) is 8.75. The van der Waals surface area contributed by atoms with Gasteiger partial charge in [-0.15, -0.1) is 11.8 Å². The molecule has 0 saturated carbocycles. The maximum atomic E-state index is 13.2. The van der Waals surface area contributed by atoms with Crippen molar-refractivity contribution in [2.75, 3.05) is 13.7 Å². The van der Waals surface area contributed by atoms with Gasteiger partial charge in [0.15, 0.2) is 6.61 Å². The fourth-order valence-corrected chi connectivity index (χ4v) is 5.90. The molecule has 8 nitrogen and oxygen atoms in total. The van der Waals surface area contributed by atoms with Crippen LogP contribution in [-0.2, 0) is 30.5 Å². The van der Waals surface area contributed by atoms with Crippen molar-refractivity contribution >= 4 is 29.6 Å². The molecular formula is C26H28N2O6S. The van der Waals surface area contributed by atoms with E-state index in [-0.39, 0.29) is 30.5 Å². The fraction of sp³-hybridized carbons (Fsp3) is 0.346. The third kappa shape index (κ3) is 5.45. The van der Waals surface area contributed by atoms with Gasteiger partial charge in [0.1, 0.15) is 23.8 Å². The van der Waals surface area contributed by atoms with Gasteiger partial charge in [-0.05, 0) is 31.5 Å². The number of amides is 1. The molecule has 35 heavy (non-hydrogen) atoms. The number of nitrogens with one attached hydrogen (secondary N) is 1. The van der Waals surface area contributed by atoms with E-state index in [4.69, 9.17) is 14.2 Å². The van der Waals surface area contributed by atoms with Crippen molar-refractivity contribution < 1.29 is 28.6 Å². The molecule has 0 unspecified atom stereocenters. The molecule has 0 radical (unpaired) electrons. The Bertz CT molecular complexity index is 1110. The minimum Gasteiger partial charge on any atom is -0.484 e. The number of para-hydroxylation sites is 1. The first-order valence-electron chi connectivity index (χ1n) is 11.2. The second kappa shape index (κ2) is 10.4. The summed E-state index contributed by atoms with van der Waals surface area (Å²) >= 11 is 1.56. The standard InChI is InChI=1S/C26H28N2O6S/c1-26(2)23(25(31)34-15-17-10-6-4-7-11-17)28-19(14-21(30)32-3)22(24(28)35-26)27-20(29)16-33-18-12-8-5-9-13-18/h4-14,22-24H,15-16H2,1-3H3,(H,27,29)/t22-,23+,24-/m1/s1. The molecule has 2 aromatic rings. The molecule has 1 N–H and O–H groups in total. The summed E-state index contributed by atoms with van der Waals surface area (Å²) < 4.78 is 15.5. The molecule has 3 atom stereocenters. The smallest absolute Gasteiger partial charge is 0.332 e. The highest BCUT2D eigenvalue weighted by Crippen LogP contribution is 2.54. The summed E-state index contributed by atoms with van der Waals surface area (Å²) in [4.78, 5) is 39.8. The highest BCUT2D eigenvalue weighted by Gasteiger charge is 2.62. The van der Waals surface area contributed by atoms with Crippen LogP contribution in [0.1, 0.15) is 19.4 Å². The highest BCUT2D eigenvalue weighted by atomic mass is 32.2. The van der Waals surface area contributed by atoms with E-state index < -0.39 is 22.8 Å². The predicted molar refractivity (Wildman–Crippen MR) is 131 cm³/mol. The first-order valence-corrected chi connectivity index (χ1v) is 12.1. The van der Waals surface area contributed by atoms with Crippen LogP contribution in [0.25, 0.3) is 0 Å². The van der Waals surface area contributed by atoms with Crippen LogP contribution >= 0.6 is 11.8 Å². The number of carbonyl (C=O) groups excluding carboxylic acids is 3. The Balaban J connectivity index is 1.47. The van der Waals surface area contributed by atoms with Crippen LogP contribution in [0.15, 0.2) is 72.4 Å². The third-order valence-electron chi connectivity index (χ3n) is 5.88. The van der Waals surface area contributed by atoms with Crippen molar-refractivity contribution in [1.82, 2.24) is 10.2 Å². The Morgan fingerprint density at radius 3 is 2.37 bits per heavy atom. The van der Waals surface area contributed by atoms with Gasteiger partial charge >= 0.3 is 11.9 Å². The van der Waals surface area contributed by atoms with Crippen LogP contribution in [0.5, 0.6) is 5.75 Å². The van der Waals surface area contributed by atoms with Gasteiger partial charge in [0, 0.05) is 16.5 Å². The largest absolute Gasteiger partial charge is 0.484 e. The SMILES string of the molecule is COC(=O)C=C1[C@@H](NC(=O)COc2ccccc2)[C@H]2SC(C)(C)[C@H](C(=O)OCc3ccccc3)N12. The molecule has 2 aliphatic heterocycles. The molecule has 4 rings (SSSR count). The number of hydrogen-bond donors (Lipinski definition) is 1. The van der Waals surface area contributed by atoms with Crippen LogP contribution in [0.2, 0.25) is 0 Å². The Morgan fingerprint density at radius 1 is 1.06 bits per heavy atom. The van der Waals surface area contributed by atoms with Gasteiger partial charge in [-0.2, -0.15) is 0 Å². The topological polar surface area (TPSA) is 94.2 Å². The predicted octanol–water partition coefficient (Wildman–Crippen LogP) is 2.89.